The molecule has 180 valence electrons. The van der Waals surface area contributed by atoms with E-state index in [9.17, 15) is 14.4 Å². The van der Waals surface area contributed by atoms with Gasteiger partial charge >= 0.3 is 12.1 Å². The van der Waals surface area contributed by atoms with Crippen LogP contribution in [0, 0.1) is 0 Å². The highest BCUT2D eigenvalue weighted by Gasteiger charge is 2.23. The number of fused-ring (bicyclic) bond motifs is 1. The van der Waals surface area contributed by atoms with Gasteiger partial charge in [-0.25, -0.2) is 14.6 Å². The molecule has 3 aromatic rings. The molecule has 0 bridgehead atoms. The fraction of sp³-hybridized carbons (Fsp3) is 0.333. The summed E-state index contributed by atoms with van der Waals surface area (Å²) in [7, 11) is 0. The Balaban J connectivity index is 2.14. The molecule has 3 amide bonds. The van der Waals surface area contributed by atoms with Crippen LogP contribution in [0.15, 0.2) is 51.7 Å². The minimum absolute atomic E-state index is 0.316. The van der Waals surface area contributed by atoms with Crippen LogP contribution in [0.25, 0.3) is 16.6 Å². The van der Waals surface area contributed by atoms with Gasteiger partial charge in [0, 0.05) is 16.7 Å². The fourth-order valence-corrected chi connectivity index (χ4v) is 3.88. The van der Waals surface area contributed by atoms with E-state index in [0.717, 1.165) is 0 Å². The molecule has 0 fully saturated rings. The molecule has 1 atom stereocenters. The van der Waals surface area contributed by atoms with Gasteiger partial charge in [0.2, 0.25) is 0 Å². The molecule has 2 aromatic carbocycles. The number of ether oxygens (including phenoxy) is 1. The van der Waals surface area contributed by atoms with E-state index >= 15 is 0 Å². The van der Waals surface area contributed by atoms with E-state index in [1.165, 1.54) is 4.57 Å². The van der Waals surface area contributed by atoms with Crippen molar-refractivity contribution in [2.45, 2.75) is 46.3 Å². The summed E-state index contributed by atoms with van der Waals surface area (Å²) in [6.07, 6.45) is -0.623. The van der Waals surface area contributed by atoms with Crippen LogP contribution in [-0.4, -0.2) is 33.8 Å². The number of aromatic nitrogens is 2. The zero-order valence-electron chi connectivity index (χ0n) is 19.7. The minimum Gasteiger partial charge on any atom is -0.444 e. The Kier molecular flexibility index (Phi) is 7.61. The molecular formula is C24H28BrN5O4. The third-order valence-corrected chi connectivity index (χ3v) is 5.35. The monoisotopic (exact) mass is 529 g/mol. The van der Waals surface area contributed by atoms with E-state index in [2.05, 4.69) is 31.9 Å². The number of urea groups is 1. The lowest BCUT2D eigenvalue weighted by Gasteiger charge is -2.23. The molecule has 3 N–H and O–H groups in total. The smallest absolute Gasteiger partial charge is 0.408 e. The van der Waals surface area contributed by atoms with Crippen LogP contribution in [0.5, 0.6) is 0 Å². The molecular weight excluding hydrogens is 502 g/mol. The van der Waals surface area contributed by atoms with Gasteiger partial charge in [-0.3, -0.25) is 9.36 Å². The summed E-state index contributed by atoms with van der Waals surface area (Å²) in [5.41, 5.74) is 0.476. The van der Waals surface area contributed by atoms with Gasteiger partial charge in [0.25, 0.3) is 5.56 Å². The van der Waals surface area contributed by atoms with E-state index in [0.29, 0.717) is 39.1 Å². The molecule has 10 heteroatoms. The number of nitrogens with one attached hydrogen (secondary N) is 3. The van der Waals surface area contributed by atoms with Crippen LogP contribution < -0.4 is 21.5 Å². The molecule has 3 rings (SSSR count). The van der Waals surface area contributed by atoms with Crippen molar-refractivity contribution in [3.05, 3.63) is 63.1 Å². The highest BCUT2D eigenvalue weighted by molar-refractivity contribution is 9.10. The standard InChI is InChI=1S/C24H28BrN5O4/c1-6-26-22(32)28-15-9-7-10-16(13-15)30-20(14(2)27-23(33)34-24(3,4)5)29-18-12-8-11-17(25)19(18)21(30)31/h7-14H,6H2,1-5H3,(H,27,33)(H2,26,28,32)/t14-/m0/s1. The predicted molar refractivity (Wildman–Crippen MR) is 136 cm³/mol. The van der Waals surface area contributed by atoms with Crippen molar-refractivity contribution in [2.75, 3.05) is 11.9 Å². The number of carbonyl (C=O) groups excluding carboxylic acids is 2. The number of anilines is 1. The van der Waals surface area contributed by atoms with Crippen molar-refractivity contribution < 1.29 is 14.3 Å². The lowest BCUT2D eigenvalue weighted by molar-refractivity contribution is 0.0505. The summed E-state index contributed by atoms with van der Waals surface area (Å²) in [6.45, 7) is 9.33. The topological polar surface area (TPSA) is 114 Å². The van der Waals surface area contributed by atoms with Gasteiger partial charge in [-0.05, 0) is 80.9 Å². The Morgan fingerprint density at radius 3 is 2.56 bits per heavy atom. The van der Waals surface area contributed by atoms with E-state index in [1.807, 2.05) is 6.92 Å². The highest BCUT2D eigenvalue weighted by atomic mass is 79.9. The molecule has 0 radical (unpaired) electrons. The largest absolute Gasteiger partial charge is 0.444 e. The van der Waals surface area contributed by atoms with Gasteiger partial charge < -0.3 is 20.7 Å². The fourth-order valence-electron chi connectivity index (χ4n) is 3.35. The van der Waals surface area contributed by atoms with Crippen LogP contribution >= 0.6 is 15.9 Å². The summed E-state index contributed by atoms with van der Waals surface area (Å²) >= 11 is 3.45. The number of halogens is 1. The average Bonchev–Trinajstić information content (AvgIpc) is 2.72. The van der Waals surface area contributed by atoms with Gasteiger partial charge in [0.15, 0.2) is 0 Å². The Morgan fingerprint density at radius 2 is 1.88 bits per heavy atom. The number of rotatable bonds is 5. The summed E-state index contributed by atoms with van der Waals surface area (Å²) in [5, 5.41) is 8.57. The number of benzene rings is 2. The minimum atomic E-state index is -0.676. The molecule has 1 aromatic heterocycles. The van der Waals surface area contributed by atoms with Crippen molar-refractivity contribution in [2.24, 2.45) is 0 Å². The van der Waals surface area contributed by atoms with Crippen LogP contribution in [-0.2, 0) is 4.74 Å². The maximum absolute atomic E-state index is 13.7. The number of amides is 3. The van der Waals surface area contributed by atoms with Gasteiger partial charge in [-0.1, -0.05) is 12.1 Å². The Morgan fingerprint density at radius 1 is 1.18 bits per heavy atom. The Hall–Kier alpha value is -3.40. The van der Waals surface area contributed by atoms with Crippen molar-refractivity contribution in [1.82, 2.24) is 20.2 Å². The van der Waals surface area contributed by atoms with Crippen LogP contribution in [0.4, 0.5) is 15.3 Å². The third kappa shape index (κ3) is 5.93. The maximum atomic E-state index is 13.7. The molecule has 0 aliphatic heterocycles. The third-order valence-electron chi connectivity index (χ3n) is 4.69. The first-order valence-corrected chi connectivity index (χ1v) is 11.7. The number of hydrogen-bond donors (Lipinski definition) is 3. The van der Waals surface area contributed by atoms with E-state index in [1.54, 1.807) is 70.2 Å². The van der Waals surface area contributed by atoms with Crippen molar-refractivity contribution in [3.63, 3.8) is 0 Å². The second-order valence-electron chi connectivity index (χ2n) is 8.65. The van der Waals surface area contributed by atoms with E-state index < -0.39 is 17.7 Å². The predicted octanol–water partition coefficient (Wildman–Crippen LogP) is 4.88. The molecule has 34 heavy (non-hydrogen) atoms. The summed E-state index contributed by atoms with van der Waals surface area (Å²) in [5.74, 6) is 0.316. The molecule has 0 spiro atoms. The second-order valence-corrected chi connectivity index (χ2v) is 9.50. The van der Waals surface area contributed by atoms with Crippen LogP contribution in [0.3, 0.4) is 0 Å². The van der Waals surface area contributed by atoms with Crippen molar-refractivity contribution in [3.8, 4) is 5.69 Å². The molecule has 9 nitrogen and oxygen atoms in total. The number of carbonyl (C=O) groups is 2. The zero-order valence-corrected chi connectivity index (χ0v) is 21.3. The quantitative estimate of drug-likeness (QED) is 0.435. The van der Waals surface area contributed by atoms with Crippen molar-refractivity contribution >= 4 is 44.6 Å². The molecule has 0 saturated heterocycles. The molecule has 0 unspecified atom stereocenters. The van der Waals surface area contributed by atoms with Gasteiger partial charge in [-0.2, -0.15) is 0 Å². The van der Waals surface area contributed by atoms with Crippen molar-refractivity contribution in [1.29, 1.82) is 0 Å². The van der Waals surface area contributed by atoms with Crippen LogP contribution in [0.2, 0.25) is 0 Å². The lowest BCUT2D eigenvalue weighted by atomic mass is 10.2. The molecule has 1 heterocycles. The highest BCUT2D eigenvalue weighted by Crippen LogP contribution is 2.24. The SMILES string of the molecule is CCNC(=O)Nc1cccc(-n2c([C@H](C)NC(=O)OC(C)(C)C)nc3cccc(Br)c3c2=O)c1. The van der Waals surface area contributed by atoms with E-state index in [4.69, 9.17) is 9.72 Å². The molecule has 0 aliphatic carbocycles. The maximum Gasteiger partial charge on any atom is 0.408 e. The number of alkyl carbamates (subject to hydrolysis) is 1. The Labute approximate surface area is 206 Å². The Bertz CT molecular complexity index is 1280. The second kappa shape index (κ2) is 10.3. The van der Waals surface area contributed by atoms with Crippen LogP contribution in [0.1, 0.15) is 46.5 Å². The lowest BCUT2D eigenvalue weighted by Crippen LogP contribution is -2.37. The van der Waals surface area contributed by atoms with Gasteiger partial charge in [0.05, 0.1) is 22.6 Å². The first kappa shape index (κ1) is 25.2. The zero-order chi connectivity index (χ0) is 25.0. The molecule has 0 saturated carbocycles. The summed E-state index contributed by atoms with van der Waals surface area (Å²) in [4.78, 5) is 42.8. The van der Waals surface area contributed by atoms with Gasteiger partial charge in [-0.15, -0.1) is 0 Å². The summed E-state index contributed by atoms with van der Waals surface area (Å²) < 4.78 is 7.40. The number of hydrogen-bond acceptors (Lipinski definition) is 5. The first-order valence-electron chi connectivity index (χ1n) is 10.9. The summed E-state index contributed by atoms with van der Waals surface area (Å²) in [6, 6.07) is 11.1. The van der Waals surface area contributed by atoms with Gasteiger partial charge in [0.1, 0.15) is 11.4 Å². The first-order chi connectivity index (χ1) is 16.0. The van der Waals surface area contributed by atoms with E-state index in [-0.39, 0.29) is 11.6 Å². The average molecular weight is 530 g/mol. The number of nitrogens with zero attached hydrogens (tertiary/aromatic N) is 2. The molecule has 0 aliphatic rings. The normalized spacial score (nSPS) is 12.2.